The van der Waals surface area contributed by atoms with Gasteiger partial charge < -0.3 is 38.7 Å². The van der Waals surface area contributed by atoms with Gasteiger partial charge in [-0.2, -0.15) is 13.2 Å². The van der Waals surface area contributed by atoms with Gasteiger partial charge in [0.1, 0.15) is 30.2 Å². The Hall–Kier alpha value is -4.89. The second kappa shape index (κ2) is 15.2. The van der Waals surface area contributed by atoms with Crippen molar-refractivity contribution in [1.82, 2.24) is 15.5 Å². The predicted octanol–water partition coefficient (Wildman–Crippen LogP) is 6.38. The zero-order valence-electron chi connectivity index (χ0n) is 29.5. The second-order valence-electron chi connectivity index (χ2n) is 14.2. The van der Waals surface area contributed by atoms with Crippen LogP contribution < -0.4 is 24.8 Å². The Morgan fingerprint density at radius 3 is 2.43 bits per heavy atom. The molecule has 3 aliphatic rings. The summed E-state index contributed by atoms with van der Waals surface area (Å²) in [6.45, 7) is 11.5. The predicted molar refractivity (Wildman–Crippen MR) is 180 cm³/mol. The van der Waals surface area contributed by atoms with E-state index in [1.165, 1.54) is 12.1 Å². The van der Waals surface area contributed by atoms with Crippen LogP contribution >= 0.6 is 0 Å². The molecular weight excluding hydrogens is 675 g/mol. The first-order chi connectivity index (χ1) is 23.9. The number of nitrogens with one attached hydrogen (secondary N) is 2. The molecule has 2 unspecified atom stereocenters. The molecule has 0 spiro atoms. The van der Waals surface area contributed by atoms with Crippen molar-refractivity contribution in [2.24, 2.45) is 10.1 Å². The third-order valence-electron chi connectivity index (χ3n) is 7.69. The van der Waals surface area contributed by atoms with Crippen LogP contribution in [0.25, 0.3) is 0 Å². The van der Waals surface area contributed by atoms with Crippen molar-refractivity contribution >= 4 is 24.0 Å². The van der Waals surface area contributed by atoms with Gasteiger partial charge in [0, 0.05) is 12.1 Å². The molecule has 2 aromatic rings. The fraction of sp³-hybridized carbons (Fsp3) is 0.543. The zero-order valence-corrected chi connectivity index (χ0v) is 29.5. The maximum Gasteiger partial charge on any atom is 0.437 e. The number of amides is 2. The van der Waals surface area contributed by atoms with Crippen LogP contribution in [0.4, 0.5) is 22.8 Å². The zero-order chi connectivity index (χ0) is 37.0. The number of amidine groups is 1. The van der Waals surface area contributed by atoms with E-state index in [9.17, 15) is 22.8 Å². The van der Waals surface area contributed by atoms with Crippen LogP contribution in [0.15, 0.2) is 46.5 Å². The Bertz CT molecular complexity index is 1650. The summed E-state index contributed by atoms with van der Waals surface area (Å²) in [6, 6.07) is 8.74. The number of benzene rings is 2. The summed E-state index contributed by atoms with van der Waals surface area (Å²) in [5.74, 6) is 0.976. The minimum atomic E-state index is -4.71. The van der Waals surface area contributed by atoms with Crippen molar-refractivity contribution < 1.29 is 51.3 Å². The van der Waals surface area contributed by atoms with Gasteiger partial charge in [-0.15, -0.1) is 4.99 Å². The number of hydrogen-bond acceptors (Lipinski definition) is 10. The number of alkyl halides is 3. The fourth-order valence-corrected chi connectivity index (χ4v) is 5.63. The first-order valence-electron chi connectivity index (χ1n) is 16.8. The smallest absolute Gasteiger partial charge is 0.437 e. The normalized spacial score (nSPS) is 19.1. The topological polar surface area (TPSA) is 142 Å². The highest BCUT2D eigenvalue weighted by Gasteiger charge is 2.41. The number of guanidine groups is 1. The molecular formula is C35H44F3N5O8. The van der Waals surface area contributed by atoms with E-state index >= 15 is 0 Å². The van der Waals surface area contributed by atoms with Crippen LogP contribution in [-0.4, -0.2) is 78.7 Å². The molecule has 1 saturated heterocycles. The molecule has 2 amide bonds. The Labute approximate surface area is 294 Å². The van der Waals surface area contributed by atoms with E-state index in [-0.39, 0.29) is 29.7 Å². The van der Waals surface area contributed by atoms with Gasteiger partial charge in [-0.1, -0.05) is 11.2 Å². The van der Waals surface area contributed by atoms with Crippen molar-refractivity contribution in [3.8, 4) is 17.2 Å². The summed E-state index contributed by atoms with van der Waals surface area (Å²) in [5.41, 5.74) is -1.53. The highest BCUT2D eigenvalue weighted by Crippen LogP contribution is 2.38. The lowest BCUT2D eigenvalue weighted by atomic mass is 10.1. The molecule has 16 heteroatoms. The number of rotatable bonds is 7. The molecule has 2 aromatic carbocycles. The van der Waals surface area contributed by atoms with Gasteiger partial charge in [0.05, 0.1) is 18.2 Å². The third kappa shape index (κ3) is 10.3. The summed E-state index contributed by atoms with van der Waals surface area (Å²) in [6.07, 6.45) is -5.12. The number of carbonyl (C=O) groups is 2. The Balaban J connectivity index is 1.25. The lowest BCUT2D eigenvalue weighted by Gasteiger charge is -2.31. The highest BCUT2D eigenvalue weighted by molar-refractivity contribution is 6.00. The minimum Gasteiger partial charge on any atom is -0.493 e. The number of carbonyl (C=O) groups excluding carboxylic acids is 2. The number of fused-ring (bicyclic) bond motifs is 1. The van der Waals surface area contributed by atoms with Crippen LogP contribution in [0.5, 0.6) is 17.2 Å². The largest absolute Gasteiger partial charge is 0.493 e. The van der Waals surface area contributed by atoms with E-state index in [1.54, 1.807) is 46.4 Å². The van der Waals surface area contributed by atoms with Gasteiger partial charge in [0.2, 0.25) is 12.2 Å². The van der Waals surface area contributed by atoms with Crippen molar-refractivity contribution in [3.63, 3.8) is 0 Å². The van der Waals surface area contributed by atoms with Gasteiger partial charge in [-0.3, -0.25) is 5.32 Å². The Morgan fingerprint density at radius 2 is 1.73 bits per heavy atom. The van der Waals surface area contributed by atoms with Crippen LogP contribution in [0.3, 0.4) is 0 Å². The van der Waals surface area contributed by atoms with Crippen LogP contribution in [0, 0.1) is 0 Å². The fourth-order valence-electron chi connectivity index (χ4n) is 5.63. The molecule has 3 heterocycles. The van der Waals surface area contributed by atoms with Gasteiger partial charge in [0.15, 0.2) is 17.3 Å². The summed E-state index contributed by atoms with van der Waals surface area (Å²) in [5, 5.41) is 9.64. The summed E-state index contributed by atoms with van der Waals surface area (Å²) >= 11 is 0. The van der Waals surface area contributed by atoms with Crippen molar-refractivity contribution in [3.05, 3.63) is 53.1 Å². The summed E-state index contributed by atoms with van der Waals surface area (Å²) in [7, 11) is 0. The number of ether oxygens (including phenoxy) is 5. The number of oxime groups is 1. The van der Waals surface area contributed by atoms with Crippen molar-refractivity contribution in [2.75, 3.05) is 26.4 Å². The molecule has 13 nitrogen and oxygen atoms in total. The van der Waals surface area contributed by atoms with E-state index in [0.717, 1.165) is 11.6 Å². The van der Waals surface area contributed by atoms with E-state index in [4.69, 9.17) is 28.5 Å². The van der Waals surface area contributed by atoms with Gasteiger partial charge in [-0.05, 0) is 103 Å². The molecule has 0 aliphatic carbocycles. The number of hydrogen-bond donors (Lipinski definition) is 2. The molecule has 2 atom stereocenters. The van der Waals surface area contributed by atoms with E-state index in [1.807, 2.05) is 18.2 Å². The molecule has 5 rings (SSSR count). The monoisotopic (exact) mass is 719 g/mol. The number of nitrogens with zero attached hydrogens (tertiary/aromatic N) is 3. The standard InChI is InChI=1S/C35H44F3N5O8/c1-33(2,3)49-31(44)40-30(41-32(45)50-34(4,5)6)43-15-7-10-24(43)29-39-28(42-51-29)22-12-14-25(23(20-22)35(36,37)38)46-16-8-9-21-11-13-26-27(19-21)48-18-17-47-26/h11-14,19-20,24,29H,7-10,15-18H2,1-6H3,(H,39,42)(H,40,41,44,45). The van der Waals surface area contributed by atoms with Crippen LogP contribution in [-0.2, 0) is 26.9 Å². The second-order valence-corrected chi connectivity index (χ2v) is 14.2. The first kappa shape index (κ1) is 37.4. The molecule has 0 aromatic heterocycles. The van der Waals surface area contributed by atoms with Crippen LogP contribution in [0.1, 0.15) is 77.5 Å². The number of aryl methyl sites for hydroxylation is 1. The van der Waals surface area contributed by atoms with E-state index < -0.39 is 47.4 Å². The Kier molecular flexibility index (Phi) is 11.1. The lowest BCUT2D eigenvalue weighted by molar-refractivity contribution is -0.139. The van der Waals surface area contributed by atoms with Crippen molar-refractivity contribution in [2.45, 2.75) is 96.9 Å². The first-order valence-corrected chi connectivity index (χ1v) is 16.8. The average Bonchev–Trinajstić information content (AvgIpc) is 3.71. The molecule has 51 heavy (non-hydrogen) atoms. The number of alkyl carbamates (subject to hydrolysis) is 1. The number of halogens is 3. The Morgan fingerprint density at radius 1 is 1.00 bits per heavy atom. The SMILES string of the molecule is CC(C)(C)OC(=O)/N=C(\NC(=O)OC(C)(C)C)N1CCCC1C1NC(c2ccc(OCCCc3ccc4c(c3)OCCO4)c(C(F)(F)F)c2)=NO1. The highest BCUT2D eigenvalue weighted by atomic mass is 19.4. The molecule has 3 aliphatic heterocycles. The maximum atomic E-state index is 14.2. The molecule has 2 N–H and O–H groups in total. The molecule has 1 fully saturated rings. The van der Waals surface area contributed by atoms with Crippen molar-refractivity contribution in [1.29, 1.82) is 0 Å². The summed E-state index contributed by atoms with van der Waals surface area (Å²) < 4.78 is 70.1. The number of aliphatic imine (C=N–C) groups is 1. The third-order valence-corrected chi connectivity index (χ3v) is 7.69. The van der Waals surface area contributed by atoms with E-state index in [0.29, 0.717) is 56.9 Å². The molecule has 0 radical (unpaired) electrons. The van der Waals surface area contributed by atoms with Gasteiger partial charge >= 0.3 is 18.4 Å². The lowest BCUT2D eigenvalue weighted by Crippen LogP contribution is -2.54. The van der Waals surface area contributed by atoms with Crippen LogP contribution in [0.2, 0.25) is 0 Å². The minimum absolute atomic E-state index is 0.0588. The quantitative estimate of drug-likeness (QED) is 0.188. The van der Waals surface area contributed by atoms with Gasteiger partial charge in [0.25, 0.3) is 0 Å². The number of likely N-dealkylation sites (tertiary alicyclic amines) is 1. The summed E-state index contributed by atoms with van der Waals surface area (Å²) in [4.78, 5) is 36.7. The molecule has 0 bridgehead atoms. The van der Waals surface area contributed by atoms with E-state index in [2.05, 4.69) is 20.8 Å². The molecule has 0 saturated carbocycles. The van der Waals surface area contributed by atoms with Gasteiger partial charge in [-0.25, -0.2) is 9.59 Å². The maximum absolute atomic E-state index is 14.2. The average molecular weight is 720 g/mol. The molecule has 278 valence electrons.